The Bertz CT molecular complexity index is 1120. The van der Waals surface area contributed by atoms with Gasteiger partial charge >= 0.3 is 0 Å². The van der Waals surface area contributed by atoms with Crippen LogP contribution in [0.1, 0.15) is 34.8 Å². The Labute approximate surface area is 189 Å². The zero-order valence-corrected chi connectivity index (χ0v) is 18.3. The van der Waals surface area contributed by atoms with Crippen LogP contribution >= 0.6 is 11.6 Å². The van der Waals surface area contributed by atoms with Gasteiger partial charge in [-0.15, -0.1) is 0 Å². The summed E-state index contributed by atoms with van der Waals surface area (Å²) in [7, 11) is 1.60. The molecule has 1 aliphatic heterocycles. The predicted octanol–water partition coefficient (Wildman–Crippen LogP) is 3.50. The highest BCUT2D eigenvalue weighted by Gasteiger charge is 2.28. The summed E-state index contributed by atoms with van der Waals surface area (Å²) in [6.07, 6.45) is 6.20. The highest BCUT2D eigenvalue weighted by molar-refractivity contribution is 6.30. The van der Waals surface area contributed by atoms with Crippen LogP contribution in [-0.4, -0.2) is 40.9 Å². The minimum absolute atomic E-state index is 0.0350. The van der Waals surface area contributed by atoms with Crippen LogP contribution in [0.2, 0.25) is 5.02 Å². The molecule has 168 valence electrons. The van der Waals surface area contributed by atoms with E-state index in [1.54, 1.807) is 25.6 Å². The van der Waals surface area contributed by atoms with Crippen LogP contribution in [0.15, 0.2) is 42.9 Å². The number of nitrogen functional groups attached to an aromatic ring is 1. The van der Waals surface area contributed by atoms with Gasteiger partial charge in [0.15, 0.2) is 0 Å². The third kappa shape index (κ3) is 4.84. The minimum atomic E-state index is -0.638. The average molecular weight is 459 g/mol. The number of nitrogens with two attached hydrogens (primary N) is 1. The molecule has 1 aromatic carbocycles. The van der Waals surface area contributed by atoms with Crippen LogP contribution in [0.4, 0.5) is 15.9 Å². The number of aromatic nitrogens is 3. The molecule has 4 rings (SSSR count). The number of carbonyl (C=O) groups is 1. The summed E-state index contributed by atoms with van der Waals surface area (Å²) in [5.41, 5.74) is 7.13. The number of piperidine rings is 1. The number of pyridine rings is 1. The van der Waals surface area contributed by atoms with E-state index in [-0.39, 0.29) is 17.4 Å². The van der Waals surface area contributed by atoms with Crippen molar-refractivity contribution in [1.29, 1.82) is 0 Å². The molecule has 8 nitrogen and oxygen atoms in total. The molecule has 3 aromatic rings. The molecule has 1 saturated heterocycles. The van der Waals surface area contributed by atoms with E-state index in [1.807, 2.05) is 16.8 Å². The molecule has 1 unspecified atom stereocenters. The van der Waals surface area contributed by atoms with Gasteiger partial charge in [0, 0.05) is 11.2 Å². The van der Waals surface area contributed by atoms with Gasteiger partial charge in [-0.3, -0.25) is 9.48 Å². The molecule has 32 heavy (non-hydrogen) atoms. The number of nitrogens with zero attached hydrogens (tertiary/aromatic N) is 3. The number of nitrogens with one attached hydrogen (secondary N) is 2. The molecule has 0 saturated carbocycles. The third-order valence-corrected chi connectivity index (χ3v) is 5.79. The molecule has 3 heterocycles. The Hall–Kier alpha value is -3.17. The quantitative estimate of drug-likeness (QED) is 0.522. The molecule has 4 N–H and O–H groups in total. The summed E-state index contributed by atoms with van der Waals surface area (Å²) in [5, 5.41) is 11.2. The molecule has 1 amide bonds. The number of rotatable bonds is 6. The summed E-state index contributed by atoms with van der Waals surface area (Å²) >= 11 is 6.34. The second kappa shape index (κ2) is 9.54. The molecule has 10 heteroatoms. The fourth-order valence-corrected chi connectivity index (χ4v) is 4.29. The number of amides is 1. The van der Waals surface area contributed by atoms with Gasteiger partial charge < -0.3 is 21.1 Å². The van der Waals surface area contributed by atoms with Crippen molar-refractivity contribution in [3.05, 3.63) is 64.8 Å². The number of ether oxygens (including phenoxy) is 1. The van der Waals surface area contributed by atoms with E-state index in [9.17, 15) is 9.18 Å². The molecule has 1 atom stereocenters. The third-order valence-electron chi connectivity index (χ3n) is 5.58. The first-order valence-corrected chi connectivity index (χ1v) is 10.6. The Balaban J connectivity index is 1.64. The molecular weight excluding hydrogens is 435 g/mol. The Morgan fingerprint density at radius 1 is 1.31 bits per heavy atom. The van der Waals surface area contributed by atoms with Crippen molar-refractivity contribution in [1.82, 2.24) is 20.1 Å². The second-order valence-corrected chi connectivity index (χ2v) is 8.14. The van der Waals surface area contributed by atoms with E-state index in [2.05, 4.69) is 20.7 Å². The van der Waals surface area contributed by atoms with Crippen LogP contribution in [0.3, 0.4) is 0 Å². The lowest BCUT2D eigenvalue weighted by Gasteiger charge is -2.31. The summed E-state index contributed by atoms with van der Waals surface area (Å²) < 4.78 is 20.7. The lowest BCUT2D eigenvalue weighted by atomic mass is 9.86. The Kier molecular flexibility index (Phi) is 6.57. The van der Waals surface area contributed by atoms with Crippen molar-refractivity contribution in [2.45, 2.75) is 18.9 Å². The molecular formula is C22H24ClFN6O2. The number of hydrogen-bond acceptors (Lipinski definition) is 6. The number of benzene rings is 1. The van der Waals surface area contributed by atoms with E-state index in [0.29, 0.717) is 22.4 Å². The van der Waals surface area contributed by atoms with E-state index in [0.717, 1.165) is 43.8 Å². The Morgan fingerprint density at radius 3 is 2.84 bits per heavy atom. The standard InChI is InChI=1S/C22H24ClFN6O2/c1-32-18-7-14(6-15(23)8-18)20(13-2-4-26-5-3-13)30-12-17(11-28-30)29-22(31)19-9-16(24)10-27-21(19)25/h6-13,20,26H,2-5H2,1H3,(H2,25,27)(H,29,31). The molecule has 0 bridgehead atoms. The second-order valence-electron chi connectivity index (χ2n) is 7.71. The minimum Gasteiger partial charge on any atom is -0.497 e. The van der Waals surface area contributed by atoms with Gasteiger partial charge in [0.1, 0.15) is 17.4 Å². The summed E-state index contributed by atoms with van der Waals surface area (Å²) in [6, 6.07) is 6.58. The van der Waals surface area contributed by atoms with Gasteiger partial charge in [0.25, 0.3) is 5.91 Å². The fourth-order valence-electron chi connectivity index (χ4n) is 4.06. The van der Waals surface area contributed by atoms with Crippen molar-refractivity contribution in [2.24, 2.45) is 5.92 Å². The zero-order valence-electron chi connectivity index (χ0n) is 17.5. The average Bonchev–Trinajstić information content (AvgIpc) is 3.23. The van der Waals surface area contributed by atoms with Gasteiger partial charge in [-0.25, -0.2) is 9.37 Å². The molecule has 0 spiro atoms. The van der Waals surface area contributed by atoms with Gasteiger partial charge in [-0.2, -0.15) is 5.10 Å². The van der Waals surface area contributed by atoms with Crippen LogP contribution in [0.5, 0.6) is 5.75 Å². The maximum absolute atomic E-state index is 13.5. The molecule has 1 fully saturated rings. The molecule has 1 aliphatic rings. The van der Waals surface area contributed by atoms with Crippen molar-refractivity contribution < 1.29 is 13.9 Å². The number of methoxy groups -OCH3 is 1. The van der Waals surface area contributed by atoms with Crippen molar-refractivity contribution in [3.63, 3.8) is 0 Å². The van der Waals surface area contributed by atoms with E-state index < -0.39 is 11.7 Å². The summed E-state index contributed by atoms with van der Waals surface area (Å²) in [4.78, 5) is 16.3. The van der Waals surface area contributed by atoms with E-state index in [1.165, 1.54) is 0 Å². The number of hydrogen-bond donors (Lipinski definition) is 3. The first kappa shape index (κ1) is 22.0. The van der Waals surface area contributed by atoms with Gasteiger partial charge in [0.05, 0.1) is 36.8 Å². The van der Waals surface area contributed by atoms with E-state index >= 15 is 0 Å². The first-order chi connectivity index (χ1) is 15.4. The number of halogens is 2. The molecule has 2 aromatic heterocycles. The van der Waals surface area contributed by atoms with Gasteiger partial charge in [0.2, 0.25) is 0 Å². The van der Waals surface area contributed by atoms with Crippen molar-refractivity contribution in [3.8, 4) is 5.75 Å². The lowest BCUT2D eigenvalue weighted by molar-refractivity contribution is 0.102. The molecule has 0 radical (unpaired) electrons. The summed E-state index contributed by atoms with van der Waals surface area (Å²) in [6.45, 7) is 1.82. The topological polar surface area (TPSA) is 107 Å². The van der Waals surface area contributed by atoms with Crippen molar-refractivity contribution in [2.75, 3.05) is 31.2 Å². The Morgan fingerprint density at radius 2 is 2.09 bits per heavy atom. The van der Waals surface area contributed by atoms with Crippen LogP contribution in [0.25, 0.3) is 0 Å². The summed E-state index contributed by atoms with van der Waals surface area (Å²) in [5.74, 6) is -0.264. The van der Waals surface area contributed by atoms with Crippen LogP contribution < -0.4 is 21.1 Å². The smallest absolute Gasteiger partial charge is 0.259 e. The monoisotopic (exact) mass is 458 g/mol. The van der Waals surface area contributed by atoms with Crippen molar-refractivity contribution >= 4 is 29.0 Å². The molecule has 0 aliphatic carbocycles. The number of anilines is 2. The maximum atomic E-state index is 13.5. The maximum Gasteiger partial charge on any atom is 0.259 e. The highest BCUT2D eigenvalue weighted by Crippen LogP contribution is 2.36. The van der Waals surface area contributed by atoms with Gasteiger partial charge in [-0.1, -0.05) is 11.6 Å². The van der Waals surface area contributed by atoms with E-state index in [4.69, 9.17) is 22.1 Å². The SMILES string of the molecule is COc1cc(Cl)cc(C(C2CCNCC2)n2cc(NC(=O)c3cc(F)cnc3N)cn2)c1. The predicted molar refractivity (Wildman–Crippen MR) is 121 cm³/mol. The fraction of sp³-hybridized carbons (Fsp3) is 0.318. The normalized spacial score (nSPS) is 15.3. The lowest BCUT2D eigenvalue weighted by Crippen LogP contribution is -2.33. The highest BCUT2D eigenvalue weighted by atomic mass is 35.5. The van der Waals surface area contributed by atoms with Gasteiger partial charge in [-0.05, 0) is 61.7 Å². The van der Waals surface area contributed by atoms with Crippen LogP contribution in [-0.2, 0) is 0 Å². The zero-order chi connectivity index (χ0) is 22.7. The van der Waals surface area contributed by atoms with Crippen LogP contribution in [0, 0.1) is 11.7 Å². The largest absolute Gasteiger partial charge is 0.497 e. The first-order valence-electron chi connectivity index (χ1n) is 10.3. The number of carbonyl (C=O) groups excluding carboxylic acids is 1.